The predicted molar refractivity (Wildman–Crippen MR) is 76.4 cm³/mol. The number of piperidine rings is 1. The van der Waals surface area contributed by atoms with E-state index in [9.17, 15) is 10.1 Å². The third-order valence-corrected chi connectivity index (χ3v) is 3.92. The molecule has 2 atom stereocenters. The molecule has 0 N–H and O–H groups in total. The lowest BCUT2D eigenvalue weighted by molar-refractivity contribution is -0.385. The summed E-state index contributed by atoms with van der Waals surface area (Å²) in [7, 11) is 3.17. The number of nitro groups is 1. The molecule has 1 saturated heterocycles. The van der Waals surface area contributed by atoms with Crippen LogP contribution in [0, 0.1) is 16.0 Å². The second-order valence-corrected chi connectivity index (χ2v) is 5.10. The van der Waals surface area contributed by atoms with E-state index in [1.807, 2.05) is 0 Å². The van der Waals surface area contributed by atoms with Gasteiger partial charge in [-0.3, -0.25) is 10.1 Å². The molecular formula is C14H20N2O4. The molecule has 1 aromatic rings. The predicted octanol–water partition coefficient (Wildman–Crippen LogP) is 2.46. The minimum Gasteiger partial charge on any atom is -0.490 e. The summed E-state index contributed by atoms with van der Waals surface area (Å²) in [6.07, 6.45) is 1.22. The van der Waals surface area contributed by atoms with Crippen LogP contribution in [0.1, 0.15) is 13.3 Å². The minimum absolute atomic E-state index is 0.00933. The lowest BCUT2D eigenvalue weighted by Crippen LogP contribution is -2.43. The number of hydrogen-bond acceptors (Lipinski definition) is 5. The third kappa shape index (κ3) is 2.85. The number of methoxy groups -OCH3 is 2. The highest BCUT2D eigenvalue weighted by atomic mass is 16.6. The van der Waals surface area contributed by atoms with Crippen molar-refractivity contribution >= 4 is 11.4 Å². The number of anilines is 1. The first-order valence-electron chi connectivity index (χ1n) is 6.67. The van der Waals surface area contributed by atoms with Crippen LogP contribution in [0.2, 0.25) is 0 Å². The quantitative estimate of drug-likeness (QED) is 0.626. The molecule has 0 aliphatic carbocycles. The topological polar surface area (TPSA) is 64.8 Å². The number of ether oxygens (including phenoxy) is 2. The van der Waals surface area contributed by atoms with Gasteiger partial charge >= 0.3 is 5.69 Å². The fraction of sp³-hybridized carbons (Fsp3) is 0.571. The van der Waals surface area contributed by atoms with E-state index in [-0.39, 0.29) is 11.8 Å². The SMILES string of the molecule is COc1cc(N2CCC(C)C(OC)C2)ccc1[N+](=O)[O-]. The molecule has 0 amide bonds. The van der Waals surface area contributed by atoms with Gasteiger partial charge in [-0.15, -0.1) is 0 Å². The summed E-state index contributed by atoms with van der Waals surface area (Å²) in [5, 5.41) is 10.9. The summed E-state index contributed by atoms with van der Waals surface area (Å²) in [5.74, 6) is 0.816. The molecule has 1 aromatic carbocycles. The normalized spacial score (nSPS) is 22.6. The molecule has 1 fully saturated rings. The summed E-state index contributed by atoms with van der Waals surface area (Å²) in [6, 6.07) is 4.98. The number of nitro benzene ring substituents is 1. The van der Waals surface area contributed by atoms with Crippen molar-refractivity contribution in [2.75, 3.05) is 32.2 Å². The Labute approximate surface area is 118 Å². The maximum atomic E-state index is 10.9. The van der Waals surface area contributed by atoms with Crippen molar-refractivity contribution in [3.8, 4) is 5.75 Å². The first-order valence-corrected chi connectivity index (χ1v) is 6.67. The fourth-order valence-electron chi connectivity index (χ4n) is 2.59. The number of hydrogen-bond donors (Lipinski definition) is 0. The van der Waals surface area contributed by atoms with E-state index in [2.05, 4.69) is 11.8 Å². The van der Waals surface area contributed by atoms with Crippen molar-refractivity contribution < 1.29 is 14.4 Å². The van der Waals surface area contributed by atoms with Crippen molar-refractivity contribution in [1.82, 2.24) is 0 Å². The van der Waals surface area contributed by atoms with Gasteiger partial charge < -0.3 is 14.4 Å². The van der Waals surface area contributed by atoms with E-state index in [1.54, 1.807) is 19.2 Å². The molecule has 0 bridgehead atoms. The van der Waals surface area contributed by atoms with E-state index in [0.717, 1.165) is 25.2 Å². The molecule has 0 spiro atoms. The van der Waals surface area contributed by atoms with Gasteiger partial charge in [0.05, 0.1) is 18.1 Å². The van der Waals surface area contributed by atoms with Crippen molar-refractivity contribution in [1.29, 1.82) is 0 Å². The summed E-state index contributed by atoms with van der Waals surface area (Å²) in [6.45, 7) is 3.89. The summed E-state index contributed by atoms with van der Waals surface area (Å²) >= 11 is 0. The molecule has 0 saturated carbocycles. The van der Waals surface area contributed by atoms with Crippen molar-refractivity contribution in [3.63, 3.8) is 0 Å². The Morgan fingerprint density at radius 3 is 2.75 bits per heavy atom. The summed E-state index contributed by atoms with van der Waals surface area (Å²) < 4.78 is 10.6. The van der Waals surface area contributed by atoms with Gasteiger partial charge in [0.1, 0.15) is 0 Å². The Balaban J connectivity index is 2.23. The van der Waals surface area contributed by atoms with Crippen molar-refractivity contribution in [2.24, 2.45) is 5.92 Å². The summed E-state index contributed by atoms with van der Waals surface area (Å²) in [4.78, 5) is 12.7. The Morgan fingerprint density at radius 2 is 2.15 bits per heavy atom. The molecule has 2 unspecified atom stereocenters. The van der Waals surface area contributed by atoms with Crippen LogP contribution in [0.4, 0.5) is 11.4 Å². The third-order valence-electron chi connectivity index (χ3n) is 3.92. The largest absolute Gasteiger partial charge is 0.490 e. The van der Waals surface area contributed by atoms with Crippen LogP contribution in [-0.2, 0) is 4.74 Å². The van der Waals surface area contributed by atoms with Gasteiger partial charge in [-0.2, -0.15) is 0 Å². The van der Waals surface area contributed by atoms with Gasteiger partial charge in [0.2, 0.25) is 0 Å². The van der Waals surface area contributed by atoms with Crippen LogP contribution in [0.5, 0.6) is 5.75 Å². The zero-order chi connectivity index (χ0) is 14.7. The van der Waals surface area contributed by atoms with Gasteiger partial charge in [0, 0.05) is 38.0 Å². The van der Waals surface area contributed by atoms with E-state index < -0.39 is 4.92 Å². The highest BCUT2D eigenvalue weighted by Crippen LogP contribution is 2.33. The molecule has 1 aliphatic heterocycles. The lowest BCUT2D eigenvalue weighted by atomic mass is 9.95. The lowest BCUT2D eigenvalue weighted by Gasteiger charge is -2.37. The van der Waals surface area contributed by atoms with Gasteiger partial charge in [0.15, 0.2) is 5.75 Å². The smallest absolute Gasteiger partial charge is 0.311 e. The first-order chi connectivity index (χ1) is 9.56. The maximum Gasteiger partial charge on any atom is 0.311 e. The van der Waals surface area contributed by atoms with E-state index in [4.69, 9.17) is 9.47 Å². The second-order valence-electron chi connectivity index (χ2n) is 5.10. The van der Waals surface area contributed by atoms with E-state index in [1.165, 1.54) is 13.2 Å². The van der Waals surface area contributed by atoms with Crippen LogP contribution < -0.4 is 9.64 Å². The van der Waals surface area contributed by atoms with Gasteiger partial charge in [-0.25, -0.2) is 0 Å². The highest BCUT2D eigenvalue weighted by molar-refractivity contribution is 5.59. The van der Waals surface area contributed by atoms with Crippen LogP contribution in [0.3, 0.4) is 0 Å². The Kier molecular flexibility index (Phi) is 4.44. The molecule has 20 heavy (non-hydrogen) atoms. The van der Waals surface area contributed by atoms with Gasteiger partial charge in [-0.1, -0.05) is 6.92 Å². The maximum absolute atomic E-state index is 10.9. The zero-order valence-corrected chi connectivity index (χ0v) is 12.0. The first kappa shape index (κ1) is 14.6. The van der Waals surface area contributed by atoms with Crippen LogP contribution in [-0.4, -0.2) is 38.3 Å². The molecule has 6 heteroatoms. The molecule has 0 aromatic heterocycles. The molecule has 1 aliphatic rings. The molecular weight excluding hydrogens is 260 g/mol. The average molecular weight is 280 g/mol. The van der Waals surface area contributed by atoms with E-state index in [0.29, 0.717) is 11.7 Å². The standard InChI is InChI=1S/C14H20N2O4/c1-10-6-7-15(9-14(10)20-3)11-4-5-12(16(17)18)13(8-11)19-2/h4-5,8,10,14H,6-7,9H2,1-3H3. The molecule has 1 heterocycles. The van der Waals surface area contributed by atoms with Crippen LogP contribution in [0.25, 0.3) is 0 Å². The van der Waals surface area contributed by atoms with Gasteiger partial charge in [-0.05, 0) is 18.4 Å². The number of benzene rings is 1. The zero-order valence-electron chi connectivity index (χ0n) is 12.0. The number of rotatable bonds is 4. The summed E-state index contributed by atoms with van der Waals surface area (Å²) in [5.41, 5.74) is 0.923. The highest BCUT2D eigenvalue weighted by Gasteiger charge is 2.27. The second kappa shape index (κ2) is 6.09. The molecule has 2 rings (SSSR count). The molecule has 6 nitrogen and oxygen atoms in total. The fourth-order valence-corrected chi connectivity index (χ4v) is 2.59. The Bertz CT molecular complexity index is 492. The van der Waals surface area contributed by atoms with E-state index >= 15 is 0 Å². The van der Waals surface area contributed by atoms with Crippen molar-refractivity contribution in [2.45, 2.75) is 19.4 Å². The Hall–Kier alpha value is -1.82. The average Bonchev–Trinajstić information content (AvgIpc) is 2.46. The van der Waals surface area contributed by atoms with Crippen LogP contribution >= 0.6 is 0 Å². The van der Waals surface area contributed by atoms with Crippen molar-refractivity contribution in [3.05, 3.63) is 28.3 Å². The monoisotopic (exact) mass is 280 g/mol. The minimum atomic E-state index is -0.432. The number of nitrogens with zero attached hydrogens (tertiary/aromatic N) is 2. The Morgan fingerprint density at radius 1 is 1.40 bits per heavy atom. The van der Waals surface area contributed by atoms with Gasteiger partial charge in [0.25, 0.3) is 0 Å². The van der Waals surface area contributed by atoms with Crippen LogP contribution in [0.15, 0.2) is 18.2 Å². The molecule has 0 radical (unpaired) electrons. The molecule has 110 valence electrons.